The number of hydrogen-bond donors (Lipinski definition) is 0. The highest BCUT2D eigenvalue weighted by Crippen LogP contribution is 2.31. The molecule has 1 amide bonds. The second kappa shape index (κ2) is 7.88. The van der Waals surface area contributed by atoms with E-state index < -0.39 is 21.9 Å². The molecule has 0 N–H and O–H groups in total. The zero-order valence-electron chi connectivity index (χ0n) is 16.4. The van der Waals surface area contributed by atoms with Crippen molar-refractivity contribution in [1.82, 2.24) is 9.21 Å². The first-order valence-electron chi connectivity index (χ1n) is 9.99. The number of amides is 1. The third kappa shape index (κ3) is 3.94. The van der Waals surface area contributed by atoms with Crippen molar-refractivity contribution in [3.63, 3.8) is 0 Å². The lowest BCUT2D eigenvalue weighted by Gasteiger charge is -2.39. The molecule has 154 valence electrons. The van der Waals surface area contributed by atoms with E-state index >= 15 is 0 Å². The van der Waals surface area contributed by atoms with E-state index in [-0.39, 0.29) is 17.3 Å². The summed E-state index contributed by atoms with van der Waals surface area (Å²) in [5, 5.41) is 0. The van der Waals surface area contributed by atoms with E-state index in [2.05, 4.69) is 6.92 Å². The van der Waals surface area contributed by atoms with Crippen LogP contribution in [0.2, 0.25) is 0 Å². The average Bonchev–Trinajstić information content (AvgIpc) is 2.73. The first kappa shape index (κ1) is 20.0. The molecule has 5 nitrogen and oxygen atoms in total. The maximum atomic E-state index is 13.4. The van der Waals surface area contributed by atoms with E-state index in [1.807, 2.05) is 24.3 Å². The molecule has 0 saturated carbocycles. The summed E-state index contributed by atoms with van der Waals surface area (Å²) in [6, 6.07) is 11.6. The molecule has 2 heterocycles. The standard InChI is InChI=1S/C22H25FN2O3S/c1-16-10-12-24(13-11-16)22(26)21-14-17-4-2-3-5-18(17)15-25(21)29(27,28)20-8-6-19(23)7-9-20/h2-9,16,21H,10-15H2,1H3/t21-/m1/s1. The predicted octanol–water partition coefficient (Wildman–Crippen LogP) is 3.20. The highest BCUT2D eigenvalue weighted by atomic mass is 32.2. The van der Waals surface area contributed by atoms with Crippen LogP contribution in [-0.2, 0) is 27.8 Å². The van der Waals surface area contributed by atoms with E-state index in [4.69, 9.17) is 0 Å². The Morgan fingerprint density at radius 3 is 2.28 bits per heavy atom. The molecule has 0 unspecified atom stereocenters. The fourth-order valence-corrected chi connectivity index (χ4v) is 5.70. The Bertz CT molecular complexity index is 999. The van der Waals surface area contributed by atoms with Gasteiger partial charge in [0.25, 0.3) is 0 Å². The van der Waals surface area contributed by atoms with E-state index in [0.29, 0.717) is 25.4 Å². The molecule has 2 aromatic carbocycles. The Morgan fingerprint density at radius 1 is 1.00 bits per heavy atom. The number of nitrogens with zero attached hydrogens (tertiary/aromatic N) is 2. The van der Waals surface area contributed by atoms with Crippen LogP contribution in [-0.4, -0.2) is 42.7 Å². The summed E-state index contributed by atoms with van der Waals surface area (Å²) in [5.74, 6) is -0.0646. The third-order valence-electron chi connectivity index (χ3n) is 6.01. The minimum Gasteiger partial charge on any atom is -0.341 e. The Hall–Kier alpha value is -2.25. The zero-order valence-corrected chi connectivity index (χ0v) is 17.2. The van der Waals surface area contributed by atoms with Crippen LogP contribution in [0.3, 0.4) is 0 Å². The van der Waals surface area contributed by atoms with Crippen LogP contribution in [0.15, 0.2) is 53.4 Å². The fraction of sp³-hybridized carbons (Fsp3) is 0.409. The number of likely N-dealkylation sites (tertiary alicyclic amines) is 1. The van der Waals surface area contributed by atoms with Crippen LogP contribution in [0.5, 0.6) is 0 Å². The van der Waals surface area contributed by atoms with E-state index in [1.165, 1.54) is 16.4 Å². The summed E-state index contributed by atoms with van der Waals surface area (Å²) in [6.45, 7) is 3.62. The minimum absolute atomic E-state index is 0.00310. The predicted molar refractivity (Wildman–Crippen MR) is 108 cm³/mol. The lowest BCUT2D eigenvalue weighted by Crippen LogP contribution is -2.54. The molecular formula is C22H25FN2O3S. The highest BCUT2D eigenvalue weighted by Gasteiger charge is 2.41. The summed E-state index contributed by atoms with van der Waals surface area (Å²) in [5.41, 5.74) is 1.90. The Balaban J connectivity index is 1.70. The summed E-state index contributed by atoms with van der Waals surface area (Å²) in [6.07, 6.45) is 2.21. The summed E-state index contributed by atoms with van der Waals surface area (Å²) in [4.78, 5) is 15.2. The second-order valence-corrected chi connectivity index (χ2v) is 9.89. The minimum atomic E-state index is -3.95. The molecule has 2 aromatic rings. The zero-order chi connectivity index (χ0) is 20.6. The Morgan fingerprint density at radius 2 is 1.62 bits per heavy atom. The quantitative estimate of drug-likeness (QED) is 0.772. The fourth-order valence-electron chi connectivity index (χ4n) is 4.14. The van der Waals surface area contributed by atoms with Crippen LogP contribution < -0.4 is 0 Å². The SMILES string of the molecule is CC1CCN(C(=O)[C@H]2Cc3ccccc3CN2S(=O)(=O)c2ccc(F)cc2)CC1. The number of fused-ring (bicyclic) bond motifs is 1. The van der Waals surface area contributed by atoms with Gasteiger partial charge in [0, 0.05) is 19.6 Å². The lowest BCUT2D eigenvalue weighted by molar-refractivity contribution is -0.137. The van der Waals surface area contributed by atoms with Crippen molar-refractivity contribution in [3.05, 3.63) is 65.5 Å². The number of carbonyl (C=O) groups excluding carboxylic acids is 1. The number of rotatable bonds is 3. The lowest BCUT2D eigenvalue weighted by atomic mass is 9.93. The molecule has 2 aliphatic rings. The molecule has 4 rings (SSSR count). The number of halogens is 1. The maximum Gasteiger partial charge on any atom is 0.244 e. The first-order valence-corrected chi connectivity index (χ1v) is 11.4. The number of piperidine rings is 1. The summed E-state index contributed by atoms with van der Waals surface area (Å²) >= 11 is 0. The number of hydrogen-bond acceptors (Lipinski definition) is 3. The van der Waals surface area contributed by atoms with E-state index in [9.17, 15) is 17.6 Å². The number of benzene rings is 2. The molecule has 0 aromatic heterocycles. The van der Waals surface area contributed by atoms with Crippen molar-refractivity contribution in [2.24, 2.45) is 5.92 Å². The first-order chi connectivity index (χ1) is 13.9. The van der Waals surface area contributed by atoms with Crippen LogP contribution in [0.1, 0.15) is 30.9 Å². The van der Waals surface area contributed by atoms with Gasteiger partial charge >= 0.3 is 0 Å². The normalized spacial score (nSPS) is 21.0. The highest BCUT2D eigenvalue weighted by molar-refractivity contribution is 7.89. The second-order valence-electron chi connectivity index (χ2n) is 8.00. The van der Waals surface area contributed by atoms with Crippen molar-refractivity contribution in [2.75, 3.05) is 13.1 Å². The van der Waals surface area contributed by atoms with Crippen LogP contribution >= 0.6 is 0 Å². The van der Waals surface area contributed by atoms with Crippen LogP contribution in [0, 0.1) is 11.7 Å². The average molecular weight is 417 g/mol. The van der Waals surface area contributed by atoms with Gasteiger partial charge in [-0.2, -0.15) is 4.31 Å². The molecule has 2 aliphatic heterocycles. The van der Waals surface area contributed by atoms with Gasteiger partial charge in [-0.15, -0.1) is 0 Å². The van der Waals surface area contributed by atoms with Crippen LogP contribution in [0.4, 0.5) is 4.39 Å². The Kier molecular flexibility index (Phi) is 5.44. The molecule has 7 heteroatoms. The van der Waals surface area contributed by atoms with E-state index in [0.717, 1.165) is 36.1 Å². The number of sulfonamides is 1. The largest absolute Gasteiger partial charge is 0.341 e. The van der Waals surface area contributed by atoms with Crippen molar-refractivity contribution in [2.45, 2.75) is 43.7 Å². The molecule has 1 saturated heterocycles. The smallest absolute Gasteiger partial charge is 0.244 e. The van der Waals surface area contributed by atoms with Crippen molar-refractivity contribution in [1.29, 1.82) is 0 Å². The van der Waals surface area contributed by atoms with Gasteiger partial charge in [-0.25, -0.2) is 12.8 Å². The van der Waals surface area contributed by atoms with E-state index in [1.54, 1.807) is 4.90 Å². The molecular weight excluding hydrogens is 391 g/mol. The molecule has 1 fully saturated rings. The van der Waals surface area contributed by atoms with Gasteiger partial charge in [0.1, 0.15) is 11.9 Å². The van der Waals surface area contributed by atoms with Crippen molar-refractivity contribution < 1.29 is 17.6 Å². The van der Waals surface area contributed by atoms with Gasteiger partial charge in [0.2, 0.25) is 15.9 Å². The Labute approximate surface area is 171 Å². The molecule has 0 radical (unpaired) electrons. The molecule has 0 aliphatic carbocycles. The molecule has 0 spiro atoms. The summed E-state index contributed by atoms with van der Waals surface area (Å²) < 4.78 is 41.4. The van der Waals surface area contributed by atoms with Gasteiger partial charge in [-0.05, 0) is 60.6 Å². The monoisotopic (exact) mass is 416 g/mol. The van der Waals surface area contributed by atoms with Gasteiger partial charge in [0.15, 0.2) is 0 Å². The summed E-state index contributed by atoms with van der Waals surface area (Å²) in [7, 11) is -3.95. The van der Waals surface area contributed by atoms with Gasteiger partial charge in [-0.3, -0.25) is 4.79 Å². The number of carbonyl (C=O) groups is 1. The van der Waals surface area contributed by atoms with Crippen molar-refractivity contribution >= 4 is 15.9 Å². The van der Waals surface area contributed by atoms with Crippen molar-refractivity contribution in [3.8, 4) is 0 Å². The topological polar surface area (TPSA) is 57.7 Å². The maximum absolute atomic E-state index is 13.4. The van der Waals surface area contributed by atoms with Gasteiger partial charge in [0.05, 0.1) is 4.90 Å². The molecule has 0 bridgehead atoms. The third-order valence-corrected chi connectivity index (χ3v) is 7.87. The molecule has 1 atom stereocenters. The van der Waals surface area contributed by atoms with Gasteiger partial charge < -0.3 is 4.90 Å². The van der Waals surface area contributed by atoms with Gasteiger partial charge in [-0.1, -0.05) is 31.2 Å². The van der Waals surface area contributed by atoms with Crippen LogP contribution in [0.25, 0.3) is 0 Å². The molecule has 29 heavy (non-hydrogen) atoms.